The average Bonchev–Trinajstić information content (AvgIpc) is 2.30. The zero-order valence-electron chi connectivity index (χ0n) is 10.1. The molecule has 0 spiro atoms. The third-order valence-electron chi connectivity index (χ3n) is 2.40. The minimum absolute atomic E-state index is 0.255. The van der Waals surface area contributed by atoms with Crippen LogP contribution in [0.1, 0.15) is 26.2 Å². The second-order valence-electron chi connectivity index (χ2n) is 3.84. The Morgan fingerprint density at radius 2 is 2.12 bits per heavy atom. The molecule has 0 aliphatic carbocycles. The van der Waals surface area contributed by atoms with Crippen molar-refractivity contribution in [3.05, 3.63) is 28.5 Å². The fourth-order valence-electron chi connectivity index (χ4n) is 1.48. The van der Waals surface area contributed by atoms with Crippen molar-refractivity contribution in [3.8, 4) is 5.75 Å². The molecule has 0 saturated heterocycles. The molecule has 0 radical (unpaired) electrons. The first-order valence-electron chi connectivity index (χ1n) is 6.02. The second kappa shape index (κ2) is 8.48. The van der Waals surface area contributed by atoms with Crippen molar-refractivity contribution in [1.82, 2.24) is 5.32 Å². The molecule has 1 rings (SSSR count). The molecule has 1 aromatic carbocycles. The van der Waals surface area contributed by atoms with E-state index in [9.17, 15) is 4.39 Å². The van der Waals surface area contributed by atoms with E-state index in [1.54, 1.807) is 6.07 Å². The predicted octanol–water partition coefficient (Wildman–Crippen LogP) is 3.75. The number of benzene rings is 1. The van der Waals surface area contributed by atoms with Crippen LogP contribution in [0.25, 0.3) is 0 Å². The van der Waals surface area contributed by atoms with Crippen LogP contribution in [0.4, 0.5) is 4.39 Å². The lowest BCUT2D eigenvalue weighted by atomic mass is 10.2. The molecule has 0 aliphatic rings. The quantitative estimate of drug-likeness (QED) is 0.739. The van der Waals surface area contributed by atoms with Gasteiger partial charge in [0.25, 0.3) is 0 Å². The molecule has 2 nitrogen and oxygen atoms in total. The second-order valence-corrected chi connectivity index (χ2v) is 4.69. The lowest BCUT2D eigenvalue weighted by Crippen LogP contribution is -2.14. The Morgan fingerprint density at radius 3 is 2.82 bits per heavy atom. The van der Waals surface area contributed by atoms with Gasteiger partial charge in [-0.3, -0.25) is 0 Å². The molecule has 0 unspecified atom stereocenters. The summed E-state index contributed by atoms with van der Waals surface area (Å²) in [6.07, 6.45) is 3.34. The Bertz CT molecular complexity index is 333. The number of halogens is 2. The normalized spacial score (nSPS) is 10.5. The summed E-state index contributed by atoms with van der Waals surface area (Å²) in [7, 11) is 0. The highest BCUT2D eigenvalue weighted by Gasteiger charge is 2.01. The standard InChI is InChI=1S/C13H19BrFNO/c1-2-16-8-4-3-5-9-17-13-7-6-11(15)10-12(13)14/h6-7,10,16H,2-5,8-9H2,1H3. The maximum absolute atomic E-state index is 12.8. The molecule has 1 aromatic rings. The summed E-state index contributed by atoms with van der Waals surface area (Å²) in [6.45, 7) is 4.88. The van der Waals surface area contributed by atoms with Gasteiger partial charge in [0, 0.05) is 0 Å². The first kappa shape index (κ1) is 14.5. The molecule has 0 amide bonds. The van der Waals surface area contributed by atoms with Gasteiger partial charge in [0.1, 0.15) is 11.6 Å². The Hall–Kier alpha value is -0.610. The zero-order chi connectivity index (χ0) is 12.5. The molecular weight excluding hydrogens is 285 g/mol. The summed E-state index contributed by atoms with van der Waals surface area (Å²) in [5, 5.41) is 3.28. The smallest absolute Gasteiger partial charge is 0.133 e. The van der Waals surface area contributed by atoms with Crippen molar-refractivity contribution in [2.45, 2.75) is 26.2 Å². The molecule has 0 heterocycles. The van der Waals surface area contributed by atoms with E-state index in [-0.39, 0.29) is 5.82 Å². The number of hydrogen-bond donors (Lipinski definition) is 1. The van der Waals surface area contributed by atoms with Gasteiger partial charge in [-0.15, -0.1) is 0 Å². The Morgan fingerprint density at radius 1 is 1.29 bits per heavy atom. The van der Waals surface area contributed by atoms with E-state index < -0.39 is 0 Å². The maximum atomic E-state index is 12.8. The van der Waals surface area contributed by atoms with Crippen LogP contribution in [0.15, 0.2) is 22.7 Å². The van der Waals surface area contributed by atoms with Crippen molar-refractivity contribution < 1.29 is 9.13 Å². The summed E-state index contributed by atoms with van der Waals surface area (Å²) in [5.74, 6) is 0.452. The van der Waals surface area contributed by atoms with Crippen LogP contribution in [0, 0.1) is 5.82 Å². The molecule has 4 heteroatoms. The number of nitrogens with one attached hydrogen (secondary N) is 1. The third-order valence-corrected chi connectivity index (χ3v) is 3.02. The molecule has 0 aliphatic heterocycles. The maximum Gasteiger partial charge on any atom is 0.133 e. The lowest BCUT2D eigenvalue weighted by molar-refractivity contribution is 0.302. The molecule has 17 heavy (non-hydrogen) atoms. The number of ether oxygens (including phenoxy) is 1. The van der Waals surface area contributed by atoms with E-state index in [1.807, 2.05) is 0 Å². The van der Waals surface area contributed by atoms with E-state index in [4.69, 9.17) is 4.74 Å². The van der Waals surface area contributed by atoms with E-state index in [2.05, 4.69) is 28.2 Å². The highest BCUT2D eigenvalue weighted by Crippen LogP contribution is 2.25. The van der Waals surface area contributed by atoms with Crippen LogP contribution >= 0.6 is 15.9 Å². The monoisotopic (exact) mass is 303 g/mol. The van der Waals surface area contributed by atoms with Crippen LogP contribution < -0.4 is 10.1 Å². The summed E-state index contributed by atoms with van der Waals surface area (Å²) in [4.78, 5) is 0. The van der Waals surface area contributed by atoms with Crippen LogP contribution in [-0.2, 0) is 0 Å². The number of hydrogen-bond acceptors (Lipinski definition) is 2. The van der Waals surface area contributed by atoms with Gasteiger partial charge in [-0.25, -0.2) is 4.39 Å². The number of unbranched alkanes of at least 4 members (excludes halogenated alkanes) is 2. The molecular formula is C13H19BrFNO. The lowest BCUT2D eigenvalue weighted by Gasteiger charge is -2.08. The number of rotatable bonds is 8. The van der Waals surface area contributed by atoms with Crippen molar-refractivity contribution in [2.75, 3.05) is 19.7 Å². The van der Waals surface area contributed by atoms with Crippen LogP contribution in [0.3, 0.4) is 0 Å². The highest BCUT2D eigenvalue weighted by atomic mass is 79.9. The van der Waals surface area contributed by atoms with Gasteiger partial charge in [-0.1, -0.05) is 6.92 Å². The Kier molecular flexibility index (Phi) is 7.21. The van der Waals surface area contributed by atoms with Crippen LogP contribution in [0.2, 0.25) is 0 Å². The van der Waals surface area contributed by atoms with Crippen LogP contribution in [-0.4, -0.2) is 19.7 Å². The van der Waals surface area contributed by atoms with Gasteiger partial charge >= 0.3 is 0 Å². The fourth-order valence-corrected chi connectivity index (χ4v) is 1.95. The van der Waals surface area contributed by atoms with Gasteiger partial charge in [-0.05, 0) is 66.5 Å². The van der Waals surface area contributed by atoms with Crippen molar-refractivity contribution in [3.63, 3.8) is 0 Å². The molecule has 0 fully saturated rings. The SMILES string of the molecule is CCNCCCCCOc1ccc(F)cc1Br. The van der Waals surface area contributed by atoms with E-state index in [0.29, 0.717) is 16.8 Å². The van der Waals surface area contributed by atoms with E-state index >= 15 is 0 Å². The summed E-state index contributed by atoms with van der Waals surface area (Å²) in [6, 6.07) is 4.48. The highest BCUT2D eigenvalue weighted by molar-refractivity contribution is 9.10. The molecule has 0 aromatic heterocycles. The van der Waals surface area contributed by atoms with Crippen LogP contribution in [0.5, 0.6) is 5.75 Å². The zero-order valence-corrected chi connectivity index (χ0v) is 11.7. The largest absolute Gasteiger partial charge is 0.492 e. The van der Waals surface area contributed by atoms with Crippen molar-refractivity contribution in [1.29, 1.82) is 0 Å². The molecule has 0 bridgehead atoms. The van der Waals surface area contributed by atoms with Gasteiger partial charge in [0.15, 0.2) is 0 Å². The predicted molar refractivity (Wildman–Crippen MR) is 72.0 cm³/mol. The average molecular weight is 304 g/mol. The molecule has 0 saturated carbocycles. The molecule has 1 N–H and O–H groups in total. The summed E-state index contributed by atoms with van der Waals surface area (Å²) in [5.41, 5.74) is 0. The van der Waals surface area contributed by atoms with Gasteiger partial charge in [0.05, 0.1) is 11.1 Å². The molecule has 0 atom stereocenters. The topological polar surface area (TPSA) is 21.3 Å². The third kappa shape index (κ3) is 6.03. The first-order chi connectivity index (χ1) is 8.24. The minimum Gasteiger partial charge on any atom is -0.492 e. The Labute approximate surface area is 111 Å². The first-order valence-corrected chi connectivity index (χ1v) is 6.82. The Balaban J connectivity index is 2.14. The summed E-state index contributed by atoms with van der Waals surface area (Å²) < 4.78 is 19.1. The van der Waals surface area contributed by atoms with E-state index in [0.717, 1.165) is 25.9 Å². The van der Waals surface area contributed by atoms with Crippen molar-refractivity contribution in [2.24, 2.45) is 0 Å². The van der Waals surface area contributed by atoms with Crippen molar-refractivity contribution >= 4 is 15.9 Å². The van der Waals surface area contributed by atoms with Gasteiger partial charge in [0.2, 0.25) is 0 Å². The summed E-state index contributed by atoms with van der Waals surface area (Å²) >= 11 is 3.28. The minimum atomic E-state index is -0.255. The van der Waals surface area contributed by atoms with E-state index in [1.165, 1.54) is 18.6 Å². The van der Waals surface area contributed by atoms with Gasteiger partial charge < -0.3 is 10.1 Å². The fraction of sp³-hybridized carbons (Fsp3) is 0.538. The van der Waals surface area contributed by atoms with Gasteiger partial charge in [-0.2, -0.15) is 0 Å². The molecule has 96 valence electrons.